The van der Waals surface area contributed by atoms with Crippen LogP contribution in [0.3, 0.4) is 0 Å². The van der Waals surface area contributed by atoms with Crippen LogP contribution in [0.25, 0.3) is 0 Å². The summed E-state index contributed by atoms with van der Waals surface area (Å²) in [6.45, 7) is 0.738. The van der Waals surface area contributed by atoms with E-state index in [1.54, 1.807) is 4.68 Å². The molecule has 1 aromatic heterocycles. The van der Waals surface area contributed by atoms with Crippen molar-refractivity contribution in [3.05, 3.63) is 53.9 Å². The molecule has 2 aliphatic rings. The number of carbonyl (C=O) groups excluding carboxylic acids is 1. The predicted molar refractivity (Wildman–Crippen MR) is 90.4 cm³/mol. The number of amides is 1. The summed E-state index contributed by atoms with van der Waals surface area (Å²) in [6.07, 6.45) is 6.59. The van der Waals surface area contributed by atoms with Gasteiger partial charge < -0.3 is 10.1 Å². The van der Waals surface area contributed by atoms with Crippen molar-refractivity contribution in [1.29, 1.82) is 0 Å². The number of benzene rings is 1. The third-order valence-corrected chi connectivity index (χ3v) is 5.06. The minimum atomic E-state index is -0.0923. The number of hydrogen-bond donors (Lipinski definition) is 1. The summed E-state index contributed by atoms with van der Waals surface area (Å²) in [5, 5.41) is 7.47. The van der Waals surface area contributed by atoms with Gasteiger partial charge in [0.2, 0.25) is 5.91 Å². The highest BCUT2D eigenvalue weighted by Gasteiger charge is 2.45. The van der Waals surface area contributed by atoms with Crippen molar-refractivity contribution in [2.75, 3.05) is 6.61 Å². The molecule has 0 unspecified atom stereocenters. The maximum atomic E-state index is 12.7. The van der Waals surface area contributed by atoms with Crippen LogP contribution in [-0.2, 0) is 16.6 Å². The molecule has 2 aromatic rings. The van der Waals surface area contributed by atoms with Gasteiger partial charge in [-0.2, -0.15) is 5.10 Å². The molecule has 126 valence electrons. The minimum absolute atomic E-state index is 0.0347. The number of carbonyl (C=O) groups is 1. The number of nitrogens with zero attached hydrogens (tertiary/aromatic N) is 2. The van der Waals surface area contributed by atoms with E-state index < -0.39 is 0 Å². The first-order valence-corrected chi connectivity index (χ1v) is 8.68. The zero-order chi connectivity index (χ0) is 16.5. The monoisotopic (exact) mass is 325 g/mol. The van der Waals surface area contributed by atoms with Gasteiger partial charge in [-0.1, -0.05) is 30.3 Å². The lowest BCUT2D eigenvalue weighted by Gasteiger charge is -2.32. The highest BCUT2D eigenvalue weighted by molar-refractivity contribution is 5.83. The molecule has 1 saturated heterocycles. The lowest BCUT2D eigenvalue weighted by atomic mass is 9.97. The van der Waals surface area contributed by atoms with Crippen LogP contribution in [0, 0.1) is 5.92 Å². The number of nitrogens with one attached hydrogen (secondary N) is 1. The van der Waals surface area contributed by atoms with Gasteiger partial charge in [0.15, 0.2) is 0 Å². The fourth-order valence-corrected chi connectivity index (χ4v) is 3.69. The van der Waals surface area contributed by atoms with Gasteiger partial charge in [0.1, 0.15) is 6.10 Å². The number of hydrogen-bond acceptors (Lipinski definition) is 3. The van der Waals surface area contributed by atoms with Gasteiger partial charge in [0, 0.05) is 31.3 Å². The van der Waals surface area contributed by atoms with Crippen molar-refractivity contribution >= 4 is 5.91 Å². The maximum Gasteiger partial charge on any atom is 0.224 e. The molecule has 1 aliphatic carbocycles. The Balaban J connectivity index is 1.41. The first-order valence-electron chi connectivity index (χ1n) is 8.68. The second kappa shape index (κ2) is 6.40. The average molecular weight is 325 g/mol. The Kier molecular flexibility index (Phi) is 4.10. The second-order valence-electron chi connectivity index (χ2n) is 6.86. The summed E-state index contributed by atoms with van der Waals surface area (Å²) >= 11 is 0. The van der Waals surface area contributed by atoms with Gasteiger partial charge >= 0.3 is 0 Å². The van der Waals surface area contributed by atoms with E-state index in [-0.39, 0.29) is 24.0 Å². The molecule has 4 atom stereocenters. The number of rotatable bonds is 4. The van der Waals surface area contributed by atoms with Crippen LogP contribution < -0.4 is 5.32 Å². The molecule has 0 spiro atoms. The van der Waals surface area contributed by atoms with E-state index in [0.717, 1.165) is 31.4 Å². The van der Waals surface area contributed by atoms with Crippen LogP contribution in [0.4, 0.5) is 0 Å². The van der Waals surface area contributed by atoms with E-state index >= 15 is 0 Å². The molecule has 2 heterocycles. The molecule has 5 nitrogen and oxygen atoms in total. The van der Waals surface area contributed by atoms with Crippen molar-refractivity contribution in [2.24, 2.45) is 13.0 Å². The van der Waals surface area contributed by atoms with Crippen LogP contribution in [0.1, 0.15) is 42.4 Å². The Hall–Kier alpha value is -2.14. The number of ether oxygens (including phenoxy) is 1. The smallest absolute Gasteiger partial charge is 0.224 e. The summed E-state index contributed by atoms with van der Waals surface area (Å²) in [5.74, 6) is 0.629. The standard InChI is InChI=1S/C19H23N3O2/c1-22-12-14(11-20-22)18-17(8-5-9-24-18)21-19(23)16-10-15(16)13-6-3-2-4-7-13/h2-4,6-7,11-12,15-18H,5,8-10H2,1H3,(H,21,23)/t15-,16-,17-,18+/m0/s1. The summed E-state index contributed by atoms with van der Waals surface area (Å²) in [5.41, 5.74) is 2.30. The zero-order valence-corrected chi connectivity index (χ0v) is 13.9. The molecule has 0 radical (unpaired) electrons. The topological polar surface area (TPSA) is 56.1 Å². The molecule has 24 heavy (non-hydrogen) atoms. The Morgan fingerprint density at radius 2 is 2.12 bits per heavy atom. The van der Waals surface area contributed by atoms with E-state index in [1.165, 1.54) is 5.56 Å². The van der Waals surface area contributed by atoms with Gasteiger partial charge in [0.05, 0.1) is 12.2 Å². The quantitative estimate of drug-likeness (QED) is 0.940. The second-order valence-corrected chi connectivity index (χ2v) is 6.86. The molecule has 5 heteroatoms. The van der Waals surface area contributed by atoms with Crippen LogP contribution in [0.2, 0.25) is 0 Å². The van der Waals surface area contributed by atoms with Gasteiger partial charge in [-0.25, -0.2) is 0 Å². The molecule has 1 N–H and O–H groups in total. The van der Waals surface area contributed by atoms with Gasteiger partial charge in [-0.05, 0) is 30.7 Å². The Labute approximate surface area is 142 Å². The molecule has 0 bridgehead atoms. The summed E-state index contributed by atoms with van der Waals surface area (Å²) in [4.78, 5) is 12.7. The summed E-state index contributed by atoms with van der Waals surface area (Å²) in [6, 6.07) is 10.3. The number of aromatic nitrogens is 2. The Morgan fingerprint density at radius 1 is 1.29 bits per heavy atom. The van der Waals surface area contributed by atoms with E-state index in [9.17, 15) is 4.79 Å². The highest BCUT2D eigenvalue weighted by atomic mass is 16.5. The average Bonchev–Trinajstić information content (AvgIpc) is 3.31. The molecule has 1 aliphatic heterocycles. The molecular weight excluding hydrogens is 302 g/mol. The third kappa shape index (κ3) is 3.08. The normalized spacial score (nSPS) is 29.2. The molecule has 1 saturated carbocycles. The van der Waals surface area contributed by atoms with Crippen molar-refractivity contribution in [1.82, 2.24) is 15.1 Å². The van der Waals surface area contributed by atoms with Gasteiger partial charge in [0.25, 0.3) is 0 Å². The first kappa shape index (κ1) is 15.4. The maximum absolute atomic E-state index is 12.7. The SMILES string of the molecule is Cn1cc([C@H]2OCCC[C@@H]2NC(=O)[C@H]2C[C@H]2c2ccccc2)cn1. The van der Waals surface area contributed by atoms with Crippen LogP contribution in [-0.4, -0.2) is 28.3 Å². The predicted octanol–water partition coefficient (Wildman–Crippen LogP) is 2.56. The van der Waals surface area contributed by atoms with Crippen LogP contribution >= 0.6 is 0 Å². The summed E-state index contributed by atoms with van der Waals surface area (Å²) in [7, 11) is 1.90. The van der Waals surface area contributed by atoms with Crippen LogP contribution in [0.5, 0.6) is 0 Å². The van der Waals surface area contributed by atoms with Crippen molar-refractivity contribution in [2.45, 2.75) is 37.3 Å². The third-order valence-electron chi connectivity index (χ3n) is 5.06. The van der Waals surface area contributed by atoms with Crippen molar-refractivity contribution in [3.63, 3.8) is 0 Å². The Morgan fingerprint density at radius 3 is 2.88 bits per heavy atom. The van der Waals surface area contributed by atoms with Gasteiger partial charge in [-0.15, -0.1) is 0 Å². The lowest BCUT2D eigenvalue weighted by molar-refractivity contribution is -0.125. The number of aryl methyl sites for hydroxylation is 1. The molecule has 1 aromatic carbocycles. The summed E-state index contributed by atoms with van der Waals surface area (Å²) < 4.78 is 7.71. The fraction of sp³-hybridized carbons (Fsp3) is 0.474. The fourth-order valence-electron chi connectivity index (χ4n) is 3.69. The largest absolute Gasteiger partial charge is 0.371 e. The molecule has 4 rings (SSSR count). The lowest BCUT2D eigenvalue weighted by Crippen LogP contribution is -2.43. The molecule has 1 amide bonds. The first-order chi connectivity index (χ1) is 11.7. The van der Waals surface area contributed by atoms with Crippen molar-refractivity contribution < 1.29 is 9.53 Å². The minimum Gasteiger partial charge on any atom is -0.371 e. The Bertz CT molecular complexity index is 712. The van der Waals surface area contributed by atoms with E-state index in [0.29, 0.717) is 5.92 Å². The molecular formula is C19H23N3O2. The van der Waals surface area contributed by atoms with Crippen LogP contribution in [0.15, 0.2) is 42.7 Å². The van der Waals surface area contributed by atoms with Crippen molar-refractivity contribution in [3.8, 4) is 0 Å². The zero-order valence-electron chi connectivity index (χ0n) is 13.9. The molecule has 2 fully saturated rings. The van der Waals surface area contributed by atoms with E-state index in [2.05, 4.69) is 22.5 Å². The van der Waals surface area contributed by atoms with E-state index in [1.807, 2.05) is 37.6 Å². The van der Waals surface area contributed by atoms with Gasteiger partial charge in [-0.3, -0.25) is 9.48 Å². The highest BCUT2D eigenvalue weighted by Crippen LogP contribution is 2.47. The van der Waals surface area contributed by atoms with E-state index in [4.69, 9.17) is 4.74 Å².